The van der Waals surface area contributed by atoms with Gasteiger partial charge in [-0.2, -0.15) is 0 Å². The van der Waals surface area contributed by atoms with Gasteiger partial charge in [-0.15, -0.1) is 11.3 Å². The van der Waals surface area contributed by atoms with Gasteiger partial charge in [0.05, 0.1) is 13.7 Å². The van der Waals surface area contributed by atoms with E-state index in [9.17, 15) is 9.59 Å². The number of fused-ring (bicyclic) bond motifs is 1. The Kier molecular flexibility index (Phi) is 8.32. The first kappa shape index (κ1) is 25.4. The summed E-state index contributed by atoms with van der Waals surface area (Å²) in [4.78, 5) is 31.1. The third-order valence-corrected chi connectivity index (χ3v) is 6.92. The highest BCUT2D eigenvalue weighted by Gasteiger charge is 2.23. The number of nitrogens with one attached hydrogen (secondary N) is 1. The van der Waals surface area contributed by atoms with Crippen molar-refractivity contribution in [1.82, 2.24) is 9.80 Å². The fourth-order valence-corrected chi connectivity index (χ4v) is 4.81. The number of carbonyl (C=O) groups is 2. The third kappa shape index (κ3) is 6.28. The normalized spacial score (nSPS) is 11.8. The van der Waals surface area contributed by atoms with E-state index in [1.807, 2.05) is 37.4 Å². The molecule has 3 aromatic rings. The molecule has 8 nitrogen and oxygen atoms in total. The molecule has 9 heteroatoms. The van der Waals surface area contributed by atoms with Gasteiger partial charge >= 0.3 is 6.03 Å². The minimum absolute atomic E-state index is 0.0230. The summed E-state index contributed by atoms with van der Waals surface area (Å²) < 4.78 is 16.1. The first-order chi connectivity index (χ1) is 17.5. The number of nitrogens with zero attached hydrogens (tertiary/aromatic N) is 2. The molecule has 190 valence electrons. The van der Waals surface area contributed by atoms with E-state index in [0.29, 0.717) is 42.6 Å². The number of urea groups is 1. The summed E-state index contributed by atoms with van der Waals surface area (Å²) in [7, 11) is 1.59. The van der Waals surface area contributed by atoms with Crippen molar-refractivity contribution in [3.8, 4) is 17.2 Å². The van der Waals surface area contributed by atoms with E-state index < -0.39 is 0 Å². The minimum atomic E-state index is -0.314. The smallest absolute Gasteiger partial charge is 0.322 e. The van der Waals surface area contributed by atoms with Crippen LogP contribution in [0.3, 0.4) is 0 Å². The molecule has 3 amide bonds. The number of methoxy groups -OCH3 is 1. The van der Waals surface area contributed by atoms with Crippen LogP contribution < -0.4 is 19.5 Å². The Balaban J connectivity index is 1.49. The van der Waals surface area contributed by atoms with Gasteiger partial charge in [0.1, 0.15) is 12.3 Å². The third-order valence-electron chi connectivity index (χ3n) is 5.91. The van der Waals surface area contributed by atoms with Crippen LogP contribution in [-0.2, 0) is 17.9 Å². The van der Waals surface area contributed by atoms with Crippen LogP contribution in [0.25, 0.3) is 0 Å². The average Bonchev–Trinajstić information content (AvgIpc) is 3.52. The number of hydrogen-bond donors (Lipinski definition) is 1. The summed E-state index contributed by atoms with van der Waals surface area (Å²) >= 11 is 1.62. The second-order valence-electron chi connectivity index (χ2n) is 8.54. The fourth-order valence-electron chi connectivity index (χ4n) is 3.89. The van der Waals surface area contributed by atoms with Crippen LogP contribution in [0.2, 0.25) is 0 Å². The molecular weight excluding hydrogens is 478 g/mol. The molecule has 0 aliphatic carbocycles. The highest BCUT2D eigenvalue weighted by molar-refractivity contribution is 7.10. The number of carbonyl (C=O) groups excluding carboxylic acids is 2. The first-order valence-electron chi connectivity index (χ1n) is 11.9. The number of amides is 3. The van der Waals surface area contributed by atoms with E-state index in [4.69, 9.17) is 14.2 Å². The van der Waals surface area contributed by atoms with E-state index in [0.717, 1.165) is 22.4 Å². The average molecular weight is 510 g/mol. The van der Waals surface area contributed by atoms with Gasteiger partial charge in [0, 0.05) is 23.7 Å². The molecule has 0 fully saturated rings. The van der Waals surface area contributed by atoms with Gasteiger partial charge in [-0.1, -0.05) is 13.0 Å². The molecule has 0 saturated heterocycles. The van der Waals surface area contributed by atoms with E-state index in [1.165, 1.54) is 0 Å². The van der Waals surface area contributed by atoms with Crippen molar-refractivity contribution in [2.24, 2.45) is 0 Å². The van der Waals surface area contributed by atoms with Crippen molar-refractivity contribution in [2.75, 3.05) is 32.3 Å². The summed E-state index contributed by atoms with van der Waals surface area (Å²) in [6, 6.07) is 14.5. The SMILES string of the molecule is CCCN(CC(=O)N(Cc1ccc2c(c1)OCO2)Cc1sccc1C)C(=O)Nc1ccc(OC)cc1. The molecule has 1 aliphatic heterocycles. The monoisotopic (exact) mass is 509 g/mol. The zero-order valence-electron chi connectivity index (χ0n) is 20.8. The molecule has 2 heterocycles. The Morgan fingerprint density at radius 3 is 2.50 bits per heavy atom. The Morgan fingerprint density at radius 1 is 1.03 bits per heavy atom. The first-order valence-corrected chi connectivity index (χ1v) is 12.7. The minimum Gasteiger partial charge on any atom is -0.497 e. The maximum Gasteiger partial charge on any atom is 0.322 e. The predicted molar refractivity (Wildman–Crippen MR) is 140 cm³/mol. The van der Waals surface area contributed by atoms with Gasteiger partial charge < -0.3 is 29.3 Å². The number of ether oxygens (including phenoxy) is 3. The lowest BCUT2D eigenvalue weighted by Gasteiger charge is -2.28. The molecule has 0 atom stereocenters. The molecule has 1 aromatic heterocycles. The number of anilines is 1. The number of benzene rings is 2. The molecule has 0 saturated carbocycles. The molecule has 1 N–H and O–H groups in total. The molecule has 36 heavy (non-hydrogen) atoms. The lowest BCUT2D eigenvalue weighted by molar-refractivity contribution is -0.133. The van der Waals surface area contributed by atoms with Gasteiger partial charge in [-0.3, -0.25) is 4.79 Å². The Morgan fingerprint density at radius 2 is 1.81 bits per heavy atom. The number of rotatable bonds is 10. The largest absolute Gasteiger partial charge is 0.497 e. The van der Waals surface area contributed by atoms with Crippen LogP contribution in [0.1, 0.15) is 29.3 Å². The van der Waals surface area contributed by atoms with E-state index >= 15 is 0 Å². The van der Waals surface area contributed by atoms with Crippen LogP contribution in [0.15, 0.2) is 53.9 Å². The lowest BCUT2D eigenvalue weighted by atomic mass is 10.1. The van der Waals surface area contributed by atoms with Gasteiger partial charge in [0.25, 0.3) is 0 Å². The highest BCUT2D eigenvalue weighted by Crippen LogP contribution is 2.33. The molecule has 0 radical (unpaired) electrons. The molecule has 0 unspecified atom stereocenters. The van der Waals surface area contributed by atoms with Crippen molar-refractivity contribution in [1.29, 1.82) is 0 Å². The van der Waals surface area contributed by atoms with Crippen LogP contribution >= 0.6 is 11.3 Å². The van der Waals surface area contributed by atoms with Crippen molar-refractivity contribution >= 4 is 29.0 Å². The van der Waals surface area contributed by atoms with Gasteiger partial charge in [-0.05, 0) is 72.3 Å². The molecule has 0 bridgehead atoms. The summed E-state index contributed by atoms with van der Waals surface area (Å²) in [6.07, 6.45) is 0.732. The number of aryl methyl sites for hydroxylation is 1. The summed E-state index contributed by atoms with van der Waals surface area (Å²) in [6.45, 7) is 5.53. The van der Waals surface area contributed by atoms with E-state index in [2.05, 4.69) is 11.4 Å². The van der Waals surface area contributed by atoms with Gasteiger partial charge in [0.2, 0.25) is 12.7 Å². The fraction of sp³-hybridized carbons (Fsp3) is 0.333. The standard InChI is InChI=1S/C27H31N3O5S/c1-4-12-29(27(32)28-21-6-8-22(33-3)9-7-21)17-26(31)30(16-25-19(2)11-13-36-25)15-20-5-10-23-24(14-20)35-18-34-23/h5-11,13-14H,4,12,15-18H2,1-3H3,(H,28,32). The highest BCUT2D eigenvalue weighted by atomic mass is 32.1. The lowest BCUT2D eigenvalue weighted by Crippen LogP contribution is -2.44. The quantitative estimate of drug-likeness (QED) is 0.403. The molecular formula is C27H31N3O5S. The van der Waals surface area contributed by atoms with Crippen molar-refractivity contribution < 1.29 is 23.8 Å². The van der Waals surface area contributed by atoms with Crippen LogP contribution in [0, 0.1) is 6.92 Å². The maximum absolute atomic E-state index is 13.6. The predicted octanol–water partition coefficient (Wildman–Crippen LogP) is 5.27. The van der Waals surface area contributed by atoms with Crippen LogP contribution in [-0.4, -0.2) is 48.7 Å². The Bertz CT molecular complexity index is 1190. The zero-order valence-corrected chi connectivity index (χ0v) is 21.6. The topological polar surface area (TPSA) is 80.3 Å². The molecule has 2 aromatic carbocycles. The zero-order chi connectivity index (χ0) is 25.5. The summed E-state index contributed by atoms with van der Waals surface area (Å²) in [5.74, 6) is 1.96. The van der Waals surface area contributed by atoms with Crippen molar-refractivity contribution in [3.63, 3.8) is 0 Å². The van der Waals surface area contributed by atoms with E-state index in [-0.39, 0.29) is 25.3 Å². The number of hydrogen-bond acceptors (Lipinski definition) is 6. The van der Waals surface area contributed by atoms with Gasteiger partial charge in [0.15, 0.2) is 11.5 Å². The maximum atomic E-state index is 13.6. The number of thiophene rings is 1. The van der Waals surface area contributed by atoms with Crippen molar-refractivity contribution in [3.05, 3.63) is 69.9 Å². The Labute approximate surface area is 215 Å². The summed E-state index contributed by atoms with van der Waals surface area (Å²) in [5, 5.41) is 4.91. The second-order valence-corrected chi connectivity index (χ2v) is 9.55. The van der Waals surface area contributed by atoms with Gasteiger partial charge in [-0.25, -0.2) is 4.79 Å². The second kappa shape index (κ2) is 11.8. The molecule has 4 rings (SSSR count). The van der Waals surface area contributed by atoms with E-state index in [1.54, 1.807) is 52.5 Å². The Hall–Kier alpha value is -3.72. The van der Waals surface area contributed by atoms with Crippen LogP contribution in [0.5, 0.6) is 17.2 Å². The summed E-state index contributed by atoms with van der Waals surface area (Å²) in [5.41, 5.74) is 2.72. The molecule has 1 aliphatic rings. The van der Waals surface area contributed by atoms with Crippen molar-refractivity contribution in [2.45, 2.75) is 33.4 Å². The molecule has 0 spiro atoms. The van der Waals surface area contributed by atoms with Crippen LogP contribution in [0.4, 0.5) is 10.5 Å².